The maximum atomic E-state index is 9.15. The first-order valence-electron chi connectivity index (χ1n) is 5.35. The summed E-state index contributed by atoms with van der Waals surface area (Å²) in [5.74, 6) is 0. The monoisotopic (exact) mass is 203 g/mol. The maximum Gasteiger partial charge on any atom is 0.0599 e. The lowest BCUT2D eigenvalue weighted by molar-refractivity contribution is 0.119. The van der Waals surface area contributed by atoms with Gasteiger partial charge in [0.05, 0.1) is 6.61 Å². The highest BCUT2D eigenvalue weighted by molar-refractivity contribution is 4.72. The van der Waals surface area contributed by atoms with Gasteiger partial charge in [-0.3, -0.25) is 4.90 Å². The number of likely N-dealkylation sites (N-methyl/N-ethyl adjacent to an activating group) is 1. The lowest BCUT2D eigenvalue weighted by atomic mass is 10.2. The predicted octanol–water partition coefficient (Wildman–Crippen LogP) is -0.420. The van der Waals surface area contributed by atoms with Crippen LogP contribution in [0, 0.1) is 0 Å². The molecule has 0 aliphatic heterocycles. The van der Waals surface area contributed by atoms with E-state index in [0.717, 1.165) is 26.1 Å². The van der Waals surface area contributed by atoms with Gasteiger partial charge in [0.2, 0.25) is 0 Å². The third kappa shape index (κ3) is 5.54. The van der Waals surface area contributed by atoms with Gasteiger partial charge in [-0.25, -0.2) is 0 Å². The average molecular weight is 203 g/mol. The molecule has 4 heteroatoms. The molecule has 0 fully saturated rings. The van der Waals surface area contributed by atoms with Crippen LogP contribution in [0.3, 0.4) is 0 Å². The summed E-state index contributed by atoms with van der Waals surface area (Å²) < 4.78 is 0. The molecular formula is C10H25N3O. The number of hydrogen-bond acceptors (Lipinski definition) is 4. The van der Waals surface area contributed by atoms with Crippen LogP contribution in [0.4, 0.5) is 0 Å². The molecule has 4 nitrogen and oxygen atoms in total. The molecule has 0 saturated carbocycles. The summed E-state index contributed by atoms with van der Waals surface area (Å²) in [5.41, 5.74) is 5.61. The minimum atomic E-state index is 0.120. The molecule has 0 aliphatic carbocycles. The van der Waals surface area contributed by atoms with Crippen molar-refractivity contribution in [1.29, 1.82) is 0 Å². The molecule has 0 aromatic rings. The minimum absolute atomic E-state index is 0.120. The van der Waals surface area contributed by atoms with Gasteiger partial charge in [-0.2, -0.15) is 0 Å². The molecule has 86 valence electrons. The standard InChI is InChI=1S/C10H25N3O/c1-4-5-13(7-6-12(2)3)10(8-11)9-14/h10,14H,4-9,11H2,1-3H3. The zero-order chi connectivity index (χ0) is 11.0. The van der Waals surface area contributed by atoms with E-state index in [4.69, 9.17) is 10.8 Å². The topological polar surface area (TPSA) is 52.7 Å². The van der Waals surface area contributed by atoms with Gasteiger partial charge in [-0.05, 0) is 27.1 Å². The summed E-state index contributed by atoms with van der Waals surface area (Å²) in [4.78, 5) is 4.41. The van der Waals surface area contributed by atoms with Gasteiger partial charge in [0, 0.05) is 25.7 Å². The summed E-state index contributed by atoms with van der Waals surface area (Å²) in [6, 6.07) is 0.120. The van der Waals surface area contributed by atoms with E-state index in [1.807, 2.05) is 0 Å². The molecule has 3 N–H and O–H groups in total. The summed E-state index contributed by atoms with van der Waals surface area (Å²) in [6.07, 6.45) is 1.10. The summed E-state index contributed by atoms with van der Waals surface area (Å²) in [7, 11) is 4.11. The fourth-order valence-corrected chi connectivity index (χ4v) is 1.43. The lowest BCUT2D eigenvalue weighted by Crippen LogP contribution is -2.46. The molecule has 1 unspecified atom stereocenters. The predicted molar refractivity (Wildman–Crippen MR) is 60.3 cm³/mol. The van der Waals surface area contributed by atoms with E-state index in [1.54, 1.807) is 0 Å². The third-order valence-corrected chi connectivity index (χ3v) is 2.34. The van der Waals surface area contributed by atoms with Crippen molar-refractivity contribution in [2.45, 2.75) is 19.4 Å². The molecule has 0 heterocycles. The SMILES string of the molecule is CCCN(CCN(C)C)C(CN)CO. The summed E-state index contributed by atoms with van der Waals surface area (Å²) >= 11 is 0. The first-order chi connectivity index (χ1) is 6.65. The van der Waals surface area contributed by atoms with E-state index < -0.39 is 0 Å². The first kappa shape index (κ1) is 13.8. The number of nitrogens with zero attached hydrogens (tertiary/aromatic N) is 2. The Morgan fingerprint density at radius 3 is 2.21 bits per heavy atom. The van der Waals surface area contributed by atoms with Crippen molar-refractivity contribution < 1.29 is 5.11 Å². The molecular weight excluding hydrogens is 178 g/mol. The Labute approximate surface area is 87.7 Å². The van der Waals surface area contributed by atoms with Crippen molar-refractivity contribution in [1.82, 2.24) is 9.80 Å². The Hall–Kier alpha value is -0.160. The van der Waals surface area contributed by atoms with Crippen LogP contribution in [-0.2, 0) is 0 Å². The molecule has 14 heavy (non-hydrogen) atoms. The van der Waals surface area contributed by atoms with Crippen LogP contribution < -0.4 is 5.73 Å². The van der Waals surface area contributed by atoms with E-state index in [-0.39, 0.29) is 12.6 Å². The van der Waals surface area contributed by atoms with Crippen molar-refractivity contribution in [3.8, 4) is 0 Å². The van der Waals surface area contributed by atoms with E-state index in [0.29, 0.717) is 6.54 Å². The van der Waals surface area contributed by atoms with Crippen LogP contribution in [0.1, 0.15) is 13.3 Å². The second-order valence-electron chi connectivity index (χ2n) is 3.91. The van der Waals surface area contributed by atoms with Crippen molar-refractivity contribution >= 4 is 0 Å². The van der Waals surface area contributed by atoms with Crippen LogP contribution in [0.15, 0.2) is 0 Å². The van der Waals surface area contributed by atoms with Gasteiger partial charge in [0.25, 0.3) is 0 Å². The van der Waals surface area contributed by atoms with Gasteiger partial charge >= 0.3 is 0 Å². The molecule has 0 radical (unpaired) electrons. The van der Waals surface area contributed by atoms with E-state index in [1.165, 1.54) is 0 Å². The molecule has 0 rings (SSSR count). The second-order valence-corrected chi connectivity index (χ2v) is 3.91. The normalized spacial score (nSPS) is 13.9. The Morgan fingerprint density at radius 2 is 1.86 bits per heavy atom. The number of rotatable bonds is 8. The zero-order valence-corrected chi connectivity index (χ0v) is 9.74. The smallest absolute Gasteiger partial charge is 0.0599 e. The van der Waals surface area contributed by atoms with Crippen LogP contribution in [0.2, 0.25) is 0 Å². The van der Waals surface area contributed by atoms with Gasteiger partial charge in [0.15, 0.2) is 0 Å². The largest absolute Gasteiger partial charge is 0.395 e. The Morgan fingerprint density at radius 1 is 1.21 bits per heavy atom. The first-order valence-corrected chi connectivity index (χ1v) is 5.35. The maximum absolute atomic E-state index is 9.15. The molecule has 1 atom stereocenters. The van der Waals surface area contributed by atoms with Crippen LogP contribution in [0.25, 0.3) is 0 Å². The van der Waals surface area contributed by atoms with Crippen LogP contribution in [0.5, 0.6) is 0 Å². The van der Waals surface area contributed by atoms with Gasteiger partial charge in [-0.1, -0.05) is 6.92 Å². The number of aliphatic hydroxyl groups excluding tert-OH is 1. The van der Waals surface area contributed by atoms with Crippen molar-refractivity contribution in [2.24, 2.45) is 5.73 Å². The number of nitrogens with two attached hydrogens (primary N) is 1. The molecule has 0 aliphatic rings. The molecule has 0 spiro atoms. The van der Waals surface area contributed by atoms with Gasteiger partial charge in [0.1, 0.15) is 0 Å². The number of aliphatic hydroxyl groups is 1. The lowest BCUT2D eigenvalue weighted by Gasteiger charge is -2.30. The molecule has 0 bridgehead atoms. The highest BCUT2D eigenvalue weighted by atomic mass is 16.3. The van der Waals surface area contributed by atoms with E-state index >= 15 is 0 Å². The van der Waals surface area contributed by atoms with Crippen molar-refractivity contribution in [2.75, 3.05) is 46.9 Å². The van der Waals surface area contributed by atoms with Crippen LogP contribution in [-0.4, -0.2) is 67.8 Å². The molecule has 0 aromatic carbocycles. The minimum Gasteiger partial charge on any atom is -0.395 e. The van der Waals surface area contributed by atoms with E-state index in [2.05, 4.69) is 30.8 Å². The Balaban J connectivity index is 3.98. The van der Waals surface area contributed by atoms with Crippen molar-refractivity contribution in [3.63, 3.8) is 0 Å². The highest BCUT2D eigenvalue weighted by Crippen LogP contribution is 1.99. The Kier molecular flexibility index (Phi) is 8.08. The van der Waals surface area contributed by atoms with Gasteiger partial charge in [-0.15, -0.1) is 0 Å². The number of hydrogen-bond donors (Lipinski definition) is 2. The molecule has 0 saturated heterocycles. The van der Waals surface area contributed by atoms with Crippen LogP contribution >= 0.6 is 0 Å². The van der Waals surface area contributed by atoms with Gasteiger partial charge < -0.3 is 15.7 Å². The van der Waals surface area contributed by atoms with Crippen molar-refractivity contribution in [3.05, 3.63) is 0 Å². The average Bonchev–Trinajstić information content (AvgIpc) is 2.15. The zero-order valence-electron chi connectivity index (χ0n) is 9.74. The second kappa shape index (κ2) is 8.17. The fraction of sp³-hybridized carbons (Fsp3) is 1.00. The third-order valence-electron chi connectivity index (χ3n) is 2.34. The fourth-order valence-electron chi connectivity index (χ4n) is 1.43. The summed E-state index contributed by atoms with van der Waals surface area (Å²) in [6.45, 7) is 5.83. The Bertz CT molecular complexity index is 127. The van der Waals surface area contributed by atoms with E-state index in [9.17, 15) is 0 Å². The molecule has 0 amide bonds. The molecule has 0 aromatic heterocycles. The highest BCUT2D eigenvalue weighted by Gasteiger charge is 2.14. The summed E-state index contributed by atoms with van der Waals surface area (Å²) in [5, 5.41) is 9.15. The quantitative estimate of drug-likeness (QED) is 0.562.